The summed E-state index contributed by atoms with van der Waals surface area (Å²) >= 11 is 0. The Morgan fingerprint density at radius 3 is 2.95 bits per heavy atom. The molecule has 1 amide bonds. The molecule has 98 valence electrons. The van der Waals surface area contributed by atoms with Gasteiger partial charge in [0, 0.05) is 23.5 Å². The molecule has 1 aliphatic rings. The Labute approximate surface area is 109 Å². The van der Waals surface area contributed by atoms with Crippen molar-refractivity contribution in [1.82, 2.24) is 9.88 Å². The van der Waals surface area contributed by atoms with Crippen LogP contribution in [0.4, 0.5) is 0 Å². The lowest BCUT2D eigenvalue weighted by atomic mass is 10.1. The molecule has 1 aromatic heterocycles. The maximum atomic E-state index is 12.0. The number of aromatic nitrogens is 1. The van der Waals surface area contributed by atoms with Crippen molar-refractivity contribution in [3.05, 3.63) is 35.5 Å². The van der Waals surface area contributed by atoms with Crippen LogP contribution in [-0.4, -0.2) is 28.1 Å². The second-order valence-electron chi connectivity index (χ2n) is 4.87. The van der Waals surface area contributed by atoms with Gasteiger partial charge in [-0.15, -0.1) is 0 Å². The largest absolute Gasteiger partial charge is 0.478 e. The molecule has 2 heterocycles. The summed E-state index contributed by atoms with van der Waals surface area (Å²) in [5.74, 6) is -1.05. The standard InChI is InChI=1S/C14H14N2O3/c1-8-4-5-15-13(17)12-6-9-2-3-10(14(18)19)7-11(9)16(8)12/h2-3,6-8H,4-5H2,1H3,(H,15,17)(H,18,19)/t8-/m1/s1. The van der Waals surface area contributed by atoms with Crippen LogP contribution in [0.25, 0.3) is 10.9 Å². The first-order chi connectivity index (χ1) is 9.08. The van der Waals surface area contributed by atoms with E-state index in [1.165, 1.54) is 0 Å². The number of amides is 1. The first kappa shape index (κ1) is 11.8. The van der Waals surface area contributed by atoms with E-state index in [1.807, 2.05) is 17.6 Å². The highest BCUT2D eigenvalue weighted by molar-refractivity contribution is 6.01. The molecular formula is C14H14N2O3. The SMILES string of the molecule is C[C@@H]1CCNC(=O)c2cc3ccc(C(=O)O)cc3n21. The quantitative estimate of drug-likeness (QED) is 0.822. The van der Waals surface area contributed by atoms with Gasteiger partial charge in [0.1, 0.15) is 5.69 Å². The highest BCUT2D eigenvalue weighted by Crippen LogP contribution is 2.28. The van der Waals surface area contributed by atoms with Crippen LogP contribution in [0.15, 0.2) is 24.3 Å². The Morgan fingerprint density at radius 1 is 1.42 bits per heavy atom. The van der Waals surface area contributed by atoms with Gasteiger partial charge in [0.05, 0.1) is 5.56 Å². The molecule has 0 radical (unpaired) electrons. The number of carboxylic acid groups (broad SMARTS) is 1. The smallest absolute Gasteiger partial charge is 0.335 e. The number of hydrogen-bond donors (Lipinski definition) is 2. The van der Waals surface area contributed by atoms with Crippen molar-refractivity contribution in [2.75, 3.05) is 6.54 Å². The molecule has 19 heavy (non-hydrogen) atoms. The average Bonchev–Trinajstić information content (AvgIpc) is 2.70. The minimum absolute atomic E-state index is 0.0996. The zero-order chi connectivity index (χ0) is 13.6. The number of carbonyl (C=O) groups excluding carboxylic acids is 1. The van der Waals surface area contributed by atoms with Gasteiger partial charge in [0.25, 0.3) is 5.91 Å². The van der Waals surface area contributed by atoms with Gasteiger partial charge in [0.2, 0.25) is 0 Å². The van der Waals surface area contributed by atoms with Crippen LogP contribution in [0.3, 0.4) is 0 Å². The second kappa shape index (κ2) is 4.12. The van der Waals surface area contributed by atoms with E-state index >= 15 is 0 Å². The highest BCUT2D eigenvalue weighted by atomic mass is 16.4. The molecule has 1 atom stereocenters. The summed E-state index contributed by atoms with van der Waals surface area (Å²) in [6.45, 7) is 2.68. The molecule has 1 aliphatic heterocycles. The lowest BCUT2D eigenvalue weighted by molar-refractivity contribution is 0.0696. The van der Waals surface area contributed by atoms with Crippen LogP contribution in [0.2, 0.25) is 0 Å². The molecule has 2 N–H and O–H groups in total. The van der Waals surface area contributed by atoms with Crippen LogP contribution >= 0.6 is 0 Å². The van der Waals surface area contributed by atoms with Crippen LogP contribution in [-0.2, 0) is 0 Å². The van der Waals surface area contributed by atoms with Gasteiger partial charge in [0.15, 0.2) is 0 Å². The maximum Gasteiger partial charge on any atom is 0.335 e. The summed E-state index contributed by atoms with van der Waals surface area (Å²) in [6, 6.07) is 6.93. The Hall–Kier alpha value is -2.30. The Kier molecular flexibility index (Phi) is 2.55. The van der Waals surface area contributed by atoms with Gasteiger partial charge in [-0.25, -0.2) is 4.79 Å². The zero-order valence-electron chi connectivity index (χ0n) is 10.5. The lowest BCUT2D eigenvalue weighted by Crippen LogP contribution is -2.22. The molecule has 0 aliphatic carbocycles. The van der Waals surface area contributed by atoms with E-state index in [0.29, 0.717) is 12.2 Å². The third-order valence-electron chi connectivity index (χ3n) is 3.61. The minimum atomic E-state index is -0.955. The first-order valence-corrected chi connectivity index (χ1v) is 6.24. The van der Waals surface area contributed by atoms with Gasteiger partial charge < -0.3 is 15.0 Å². The number of benzene rings is 1. The predicted octanol–water partition coefficient (Wildman–Crippen LogP) is 2.03. The summed E-state index contributed by atoms with van der Waals surface area (Å²) < 4.78 is 1.93. The molecule has 0 spiro atoms. The number of hydrogen-bond acceptors (Lipinski definition) is 2. The average molecular weight is 258 g/mol. The van der Waals surface area contributed by atoms with Crippen LogP contribution in [0.1, 0.15) is 40.2 Å². The van der Waals surface area contributed by atoms with Crippen molar-refractivity contribution in [2.45, 2.75) is 19.4 Å². The number of aromatic carboxylic acids is 1. The van der Waals surface area contributed by atoms with E-state index in [1.54, 1.807) is 18.2 Å². The van der Waals surface area contributed by atoms with Gasteiger partial charge in [-0.2, -0.15) is 0 Å². The summed E-state index contributed by atoms with van der Waals surface area (Å²) in [5, 5.41) is 12.8. The van der Waals surface area contributed by atoms with E-state index in [-0.39, 0.29) is 17.5 Å². The molecule has 0 unspecified atom stereocenters. The van der Waals surface area contributed by atoms with E-state index in [0.717, 1.165) is 17.3 Å². The fourth-order valence-corrected chi connectivity index (χ4v) is 2.62. The van der Waals surface area contributed by atoms with Gasteiger partial charge in [-0.05, 0) is 31.5 Å². The number of carbonyl (C=O) groups is 2. The van der Waals surface area contributed by atoms with Crippen molar-refractivity contribution >= 4 is 22.8 Å². The van der Waals surface area contributed by atoms with E-state index < -0.39 is 5.97 Å². The normalized spacial score (nSPS) is 18.8. The Bertz CT molecular complexity index is 687. The van der Waals surface area contributed by atoms with Crippen molar-refractivity contribution < 1.29 is 14.7 Å². The molecule has 1 aromatic carbocycles. The monoisotopic (exact) mass is 258 g/mol. The molecule has 5 nitrogen and oxygen atoms in total. The predicted molar refractivity (Wildman–Crippen MR) is 70.6 cm³/mol. The van der Waals surface area contributed by atoms with Gasteiger partial charge in [-0.1, -0.05) is 6.07 Å². The molecule has 0 bridgehead atoms. The van der Waals surface area contributed by atoms with E-state index in [9.17, 15) is 9.59 Å². The fraction of sp³-hybridized carbons (Fsp3) is 0.286. The summed E-state index contributed by atoms with van der Waals surface area (Å²) in [7, 11) is 0. The van der Waals surface area contributed by atoms with Crippen LogP contribution in [0, 0.1) is 0 Å². The number of nitrogens with zero attached hydrogens (tertiary/aromatic N) is 1. The summed E-state index contributed by atoms with van der Waals surface area (Å²) in [4.78, 5) is 23.1. The van der Waals surface area contributed by atoms with E-state index in [4.69, 9.17) is 5.11 Å². The number of nitrogens with one attached hydrogen (secondary N) is 1. The van der Waals surface area contributed by atoms with Gasteiger partial charge in [-0.3, -0.25) is 4.79 Å². The summed E-state index contributed by atoms with van der Waals surface area (Å²) in [6.07, 6.45) is 0.833. The lowest BCUT2D eigenvalue weighted by Gasteiger charge is -2.14. The molecule has 0 saturated heterocycles. The van der Waals surface area contributed by atoms with E-state index in [2.05, 4.69) is 5.32 Å². The number of carboxylic acids is 1. The summed E-state index contributed by atoms with van der Waals surface area (Å²) in [5.41, 5.74) is 1.65. The van der Waals surface area contributed by atoms with Crippen molar-refractivity contribution in [3.63, 3.8) is 0 Å². The Balaban J connectivity index is 2.30. The van der Waals surface area contributed by atoms with Crippen LogP contribution in [0.5, 0.6) is 0 Å². The molecule has 0 saturated carbocycles. The van der Waals surface area contributed by atoms with Crippen molar-refractivity contribution in [3.8, 4) is 0 Å². The van der Waals surface area contributed by atoms with Gasteiger partial charge >= 0.3 is 5.97 Å². The maximum absolute atomic E-state index is 12.0. The third-order valence-corrected chi connectivity index (χ3v) is 3.61. The fourth-order valence-electron chi connectivity index (χ4n) is 2.62. The van der Waals surface area contributed by atoms with Crippen molar-refractivity contribution in [2.24, 2.45) is 0 Å². The molecule has 3 rings (SSSR count). The number of fused-ring (bicyclic) bond motifs is 3. The zero-order valence-corrected chi connectivity index (χ0v) is 10.5. The van der Waals surface area contributed by atoms with Crippen LogP contribution < -0.4 is 5.32 Å². The molecule has 0 fully saturated rings. The number of rotatable bonds is 1. The minimum Gasteiger partial charge on any atom is -0.478 e. The third kappa shape index (κ3) is 1.78. The molecule has 5 heteroatoms. The molecular weight excluding hydrogens is 244 g/mol. The topological polar surface area (TPSA) is 71.3 Å². The first-order valence-electron chi connectivity index (χ1n) is 6.24. The van der Waals surface area contributed by atoms with Crippen molar-refractivity contribution in [1.29, 1.82) is 0 Å². The second-order valence-corrected chi connectivity index (χ2v) is 4.87. The highest BCUT2D eigenvalue weighted by Gasteiger charge is 2.22. The Morgan fingerprint density at radius 2 is 2.21 bits per heavy atom. The molecule has 2 aromatic rings.